The van der Waals surface area contributed by atoms with Crippen LogP contribution >= 0.6 is 11.3 Å². The third-order valence-corrected chi connectivity index (χ3v) is 3.00. The summed E-state index contributed by atoms with van der Waals surface area (Å²) < 4.78 is 0. The van der Waals surface area contributed by atoms with Gasteiger partial charge in [0.15, 0.2) is 0 Å². The number of hydrogen-bond acceptors (Lipinski definition) is 2. The van der Waals surface area contributed by atoms with Crippen LogP contribution in [0.25, 0.3) is 22.0 Å². The zero-order chi connectivity index (χ0) is 10.1. The fourth-order valence-corrected chi connectivity index (χ4v) is 2.19. The van der Waals surface area contributed by atoms with E-state index < -0.39 is 0 Å². The maximum absolute atomic E-state index is 4.42. The van der Waals surface area contributed by atoms with E-state index in [0.29, 0.717) is 0 Å². The van der Waals surface area contributed by atoms with E-state index >= 15 is 0 Å². The third-order valence-electron chi connectivity index (χ3n) is 2.38. The first-order chi connectivity index (χ1) is 7.43. The van der Waals surface area contributed by atoms with E-state index in [1.54, 1.807) is 11.3 Å². The van der Waals surface area contributed by atoms with Crippen molar-refractivity contribution < 1.29 is 20.1 Å². The van der Waals surface area contributed by atoms with Crippen LogP contribution in [0.4, 0.5) is 0 Å². The number of nitrogens with zero attached hydrogens (tertiary/aromatic N) is 1. The summed E-state index contributed by atoms with van der Waals surface area (Å²) in [4.78, 5) is 4.42. The standard InChI is InChI=1S/C13H8NS.Ir/c1-2-4-11-8-14-13(7-10(11)3-1)12-5-6-15-9-12;/h1-4,6-9H;/q-1;. The molecule has 0 amide bonds. The molecule has 1 aromatic carbocycles. The molecule has 0 saturated heterocycles. The smallest absolute Gasteiger partial charge is 0.0202 e. The molecule has 3 heteroatoms. The third kappa shape index (κ3) is 2.07. The predicted molar refractivity (Wildman–Crippen MR) is 63.9 cm³/mol. The van der Waals surface area contributed by atoms with Gasteiger partial charge in [-0.15, -0.1) is 5.38 Å². The molecular weight excluding hydrogens is 394 g/mol. The van der Waals surface area contributed by atoms with Crippen LogP contribution in [-0.4, -0.2) is 4.98 Å². The molecular formula is C13H8IrNS-. The summed E-state index contributed by atoms with van der Waals surface area (Å²) in [7, 11) is 0. The summed E-state index contributed by atoms with van der Waals surface area (Å²) in [5.41, 5.74) is 2.07. The van der Waals surface area contributed by atoms with Gasteiger partial charge in [0, 0.05) is 26.3 Å². The van der Waals surface area contributed by atoms with Crippen LogP contribution in [0.3, 0.4) is 0 Å². The van der Waals surface area contributed by atoms with Gasteiger partial charge in [0.05, 0.1) is 0 Å². The molecule has 81 valence electrons. The second kappa shape index (κ2) is 4.87. The van der Waals surface area contributed by atoms with Crippen LogP contribution in [0, 0.1) is 6.07 Å². The minimum absolute atomic E-state index is 0. The first-order valence-electron chi connectivity index (χ1n) is 4.72. The zero-order valence-corrected chi connectivity index (χ0v) is 11.5. The minimum atomic E-state index is 0. The van der Waals surface area contributed by atoms with Crippen LogP contribution < -0.4 is 0 Å². The van der Waals surface area contributed by atoms with Gasteiger partial charge in [-0.25, -0.2) is 11.3 Å². The maximum atomic E-state index is 4.42. The van der Waals surface area contributed by atoms with E-state index in [1.165, 1.54) is 10.8 Å². The Morgan fingerprint density at radius 1 is 1.12 bits per heavy atom. The van der Waals surface area contributed by atoms with Crippen molar-refractivity contribution in [2.45, 2.75) is 0 Å². The van der Waals surface area contributed by atoms with Crippen molar-refractivity contribution in [2.24, 2.45) is 0 Å². The van der Waals surface area contributed by atoms with Gasteiger partial charge in [-0.2, -0.15) is 11.6 Å². The van der Waals surface area contributed by atoms with Gasteiger partial charge >= 0.3 is 0 Å². The van der Waals surface area contributed by atoms with Gasteiger partial charge in [-0.1, -0.05) is 35.7 Å². The molecule has 1 radical (unpaired) electrons. The summed E-state index contributed by atoms with van der Waals surface area (Å²) in [6, 6.07) is 13.5. The average Bonchev–Trinajstić information content (AvgIpc) is 2.82. The van der Waals surface area contributed by atoms with Crippen molar-refractivity contribution in [3.8, 4) is 11.3 Å². The number of thiophene rings is 1. The topological polar surface area (TPSA) is 12.9 Å². The van der Waals surface area contributed by atoms with E-state index in [4.69, 9.17) is 0 Å². The molecule has 3 aromatic rings. The molecule has 0 saturated carbocycles. The van der Waals surface area contributed by atoms with Crippen molar-refractivity contribution in [1.82, 2.24) is 4.98 Å². The first-order valence-corrected chi connectivity index (χ1v) is 5.67. The summed E-state index contributed by atoms with van der Waals surface area (Å²) in [6.45, 7) is 0. The Bertz CT molecular complexity index is 590. The number of benzene rings is 1. The average molecular weight is 402 g/mol. The Kier molecular flexibility index (Phi) is 3.49. The van der Waals surface area contributed by atoms with Gasteiger partial charge in [0.1, 0.15) is 0 Å². The van der Waals surface area contributed by atoms with E-state index in [-0.39, 0.29) is 20.1 Å². The van der Waals surface area contributed by atoms with Gasteiger partial charge in [0.25, 0.3) is 0 Å². The molecule has 0 aliphatic heterocycles. The second-order valence-corrected chi connectivity index (χ2v) is 4.09. The van der Waals surface area contributed by atoms with Gasteiger partial charge in [-0.3, -0.25) is 0 Å². The number of aromatic nitrogens is 1. The van der Waals surface area contributed by atoms with Crippen molar-refractivity contribution in [2.75, 3.05) is 0 Å². The van der Waals surface area contributed by atoms with Crippen molar-refractivity contribution in [1.29, 1.82) is 0 Å². The molecule has 0 atom stereocenters. The number of hydrogen-bond donors (Lipinski definition) is 0. The van der Waals surface area contributed by atoms with Crippen LogP contribution in [0.2, 0.25) is 0 Å². The Hall–Kier alpha value is -1.02. The quantitative estimate of drug-likeness (QED) is 0.565. The predicted octanol–water partition coefficient (Wildman–Crippen LogP) is 3.76. The van der Waals surface area contributed by atoms with E-state index in [1.807, 2.05) is 23.7 Å². The van der Waals surface area contributed by atoms with E-state index in [2.05, 4.69) is 34.6 Å². The van der Waals surface area contributed by atoms with Crippen LogP contribution in [0.1, 0.15) is 0 Å². The Morgan fingerprint density at radius 3 is 2.69 bits per heavy atom. The molecule has 0 bridgehead atoms. The SMILES string of the molecule is [Ir].[c-]1cscc1-c1cc2ccccc2cn1. The zero-order valence-electron chi connectivity index (χ0n) is 8.31. The van der Waals surface area contributed by atoms with Crippen molar-refractivity contribution in [3.63, 3.8) is 0 Å². The Balaban J connectivity index is 0.000000963. The van der Waals surface area contributed by atoms with Gasteiger partial charge < -0.3 is 4.98 Å². The maximum Gasteiger partial charge on any atom is 0.0202 e. The van der Waals surface area contributed by atoms with E-state index in [9.17, 15) is 0 Å². The Labute approximate surface area is 112 Å². The summed E-state index contributed by atoms with van der Waals surface area (Å²) in [5, 5.41) is 6.42. The molecule has 0 unspecified atom stereocenters. The summed E-state index contributed by atoms with van der Waals surface area (Å²) >= 11 is 1.64. The molecule has 0 aliphatic carbocycles. The molecule has 0 spiro atoms. The van der Waals surface area contributed by atoms with Crippen LogP contribution in [0.5, 0.6) is 0 Å². The van der Waals surface area contributed by atoms with E-state index in [0.717, 1.165) is 11.3 Å². The second-order valence-electron chi connectivity index (χ2n) is 3.35. The summed E-state index contributed by atoms with van der Waals surface area (Å²) in [5.74, 6) is 0. The van der Waals surface area contributed by atoms with Crippen LogP contribution in [-0.2, 0) is 20.1 Å². The normalized spacial score (nSPS) is 10.0. The molecule has 1 nitrogen and oxygen atoms in total. The largest absolute Gasteiger partial charge is 0.320 e. The molecule has 2 heterocycles. The number of pyridine rings is 1. The molecule has 0 fully saturated rings. The molecule has 3 rings (SSSR count). The summed E-state index contributed by atoms with van der Waals surface area (Å²) in [6.07, 6.45) is 1.91. The number of rotatable bonds is 1. The number of fused-ring (bicyclic) bond motifs is 1. The molecule has 0 aliphatic rings. The van der Waals surface area contributed by atoms with Gasteiger partial charge in [0.2, 0.25) is 0 Å². The molecule has 2 aromatic heterocycles. The van der Waals surface area contributed by atoms with Gasteiger partial charge in [-0.05, 0) is 16.5 Å². The molecule has 0 N–H and O–H groups in total. The fourth-order valence-electron chi connectivity index (χ4n) is 1.60. The minimum Gasteiger partial charge on any atom is -0.320 e. The first kappa shape index (κ1) is 11.5. The van der Waals surface area contributed by atoms with Crippen molar-refractivity contribution in [3.05, 3.63) is 53.4 Å². The van der Waals surface area contributed by atoms with Crippen molar-refractivity contribution >= 4 is 22.1 Å². The molecule has 16 heavy (non-hydrogen) atoms. The Morgan fingerprint density at radius 2 is 1.94 bits per heavy atom. The van der Waals surface area contributed by atoms with Crippen LogP contribution in [0.15, 0.2) is 47.3 Å². The fraction of sp³-hybridized carbons (Fsp3) is 0. The monoisotopic (exact) mass is 403 g/mol.